The lowest BCUT2D eigenvalue weighted by Gasteiger charge is -2.35. The summed E-state index contributed by atoms with van der Waals surface area (Å²) >= 11 is 0. The van der Waals surface area contributed by atoms with Gasteiger partial charge in [-0.25, -0.2) is 0 Å². The minimum atomic E-state index is -1.69. The maximum atomic E-state index is 6.16. The maximum Gasteiger partial charge on any atom is 0.192 e. The molecular formula is C13H29N3OSi2. The standard InChI is InChI=1S/C13H29N3OSi2/c1-13(2,3)19(7,8)17-10-12-9-16(15-14-12)11-18(4,5)6/h9H,10-11H2,1-8H3. The Balaban J connectivity index is 2.61. The van der Waals surface area contributed by atoms with Crippen LogP contribution in [0.15, 0.2) is 6.20 Å². The highest BCUT2D eigenvalue weighted by atomic mass is 28.4. The van der Waals surface area contributed by atoms with Crippen LogP contribution in [-0.4, -0.2) is 31.4 Å². The molecule has 1 heterocycles. The molecule has 0 saturated carbocycles. The second kappa shape index (κ2) is 5.50. The second-order valence-electron chi connectivity index (χ2n) is 8.02. The quantitative estimate of drug-likeness (QED) is 0.779. The van der Waals surface area contributed by atoms with E-state index < -0.39 is 16.4 Å². The molecule has 0 unspecified atom stereocenters. The van der Waals surface area contributed by atoms with Crippen molar-refractivity contribution >= 4 is 16.4 Å². The largest absolute Gasteiger partial charge is 0.411 e. The van der Waals surface area contributed by atoms with Gasteiger partial charge >= 0.3 is 0 Å². The van der Waals surface area contributed by atoms with Crippen LogP contribution in [0.25, 0.3) is 0 Å². The van der Waals surface area contributed by atoms with E-state index in [0.717, 1.165) is 11.9 Å². The van der Waals surface area contributed by atoms with Crippen molar-refractivity contribution in [3.05, 3.63) is 11.9 Å². The zero-order chi connectivity index (χ0) is 14.9. The smallest absolute Gasteiger partial charge is 0.192 e. The molecule has 0 radical (unpaired) electrons. The third-order valence-electron chi connectivity index (χ3n) is 3.61. The monoisotopic (exact) mass is 299 g/mol. The van der Waals surface area contributed by atoms with Crippen LogP contribution in [0, 0.1) is 0 Å². The van der Waals surface area contributed by atoms with Crippen molar-refractivity contribution in [2.24, 2.45) is 0 Å². The molecule has 0 spiro atoms. The van der Waals surface area contributed by atoms with E-state index in [9.17, 15) is 0 Å². The third kappa shape index (κ3) is 5.20. The lowest BCUT2D eigenvalue weighted by atomic mass is 10.2. The number of nitrogens with zero attached hydrogens (tertiary/aromatic N) is 3. The summed E-state index contributed by atoms with van der Waals surface area (Å²) in [6.45, 7) is 18.9. The van der Waals surface area contributed by atoms with Crippen molar-refractivity contribution < 1.29 is 4.43 Å². The van der Waals surface area contributed by atoms with Crippen LogP contribution in [0.4, 0.5) is 0 Å². The molecule has 110 valence electrons. The minimum absolute atomic E-state index is 0.237. The summed E-state index contributed by atoms with van der Waals surface area (Å²) in [4.78, 5) is 0. The number of hydrogen-bond donors (Lipinski definition) is 0. The van der Waals surface area contributed by atoms with Crippen molar-refractivity contribution in [1.82, 2.24) is 15.0 Å². The Hall–Kier alpha value is -0.466. The predicted octanol–water partition coefficient (Wildman–Crippen LogP) is 3.68. The van der Waals surface area contributed by atoms with Gasteiger partial charge in [-0.15, -0.1) is 5.10 Å². The molecular weight excluding hydrogens is 270 g/mol. The van der Waals surface area contributed by atoms with Gasteiger partial charge in [0, 0.05) is 6.17 Å². The van der Waals surface area contributed by atoms with Gasteiger partial charge in [0.25, 0.3) is 0 Å². The van der Waals surface area contributed by atoms with Crippen molar-refractivity contribution in [1.29, 1.82) is 0 Å². The van der Waals surface area contributed by atoms with Crippen molar-refractivity contribution in [3.63, 3.8) is 0 Å². The molecule has 19 heavy (non-hydrogen) atoms. The SMILES string of the molecule is CC(C)(C)[Si](C)(C)OCc1cn(C[Si](C)(C)C)nn1. The minimum Gasteiger partial charge on any atom is -0.411 e. The molecule has 0 amide bonds. The molecule has 1 aromatic heterocycles. The predicted molar refractivity (Wildman–Crippen MR) is 85.4 cm³/mol. The van der Waals surface area contributed by atoms with Crippen LogP contribution >= 0.6 is 0 Å². The first-order valence-corrected chi connectivity index (χ1v) is 13.6. The van der Waals surface area contributed by atoms with Crippen molar-refractivity contribution in [3.8, 4) is 0 Å². The summed E-state index contributed by atoms with van der Waals surface area (Å²) in [7, 11) is -2.84. The third-order valence-corrected chi connectivity index (χ3v) is 9.36. The molecule has 0 aliphatic heterocycles. The van der Waals surface area contributed by atoms with E-state index in [1.165, 1.54) is 0 Å². The van der Waals surface area contributed by atoms with Gasteiger partial charge in [0.05, 0.1) is 20.9 Å². The molecule has 0 fully saturated rings. The van der Waals surface area contributed by atoms with E-state index in [2.05, 4.69) is 63.8 Å². The highest BCUT2D eigenvalue weighted by Gasteiger charge is 2.37. The molecule has 1 aromatic rings. The van der Waals surface area contributed by atoms with Gasteiger partial charge in [-0.05, 0) is 18.1 Å². The van der Waals surface area contributed by atoms with Crippen LogP contribution in [0.5, 0.6) is 0 Å². The van der Waals surface area contributed by atoms with Crippen LogP contribution < -0.4 is 0 Å². The molecule has 0 aliphatic carbocycles. The zero-order valence-electron chi connectivity index (χ0n) is 13.7. The Labute approximate surface area is 119 Å². The second-order valence-corrected chi connectivity index (χ2v) is 18.3. The highest BCUT2D eigenvalue weighted by molar-refractivity contribution is 6.75. The summed E-state index contributed by atoms with van der Waals surface area (Å²) in [5, 5.41) is 8.66. The highest BCUT2D eigenvalue weighted by Crippen LogP contribution is 2.36. The molecule has 6 heteroatoms. The molecule has 0 aliphatic rings. The summed E-state index contributed by atoms with van der Waals surface area (Å²) in [5.74, 6) is 0. The van der Waals surface area contributed by atoms with Gasteiger partial charge in [-0.3, -0.25) is 4.68 Å². The Morgan fingerprint density at radius 3 is 2.21 bits per heavy atom. The number of aromatic nitrogens is 3. The lowest BCUT2D eigenvalue weighted by molar-refractivity contribution is 0.272. The zero-order valence-corrected chi connectivity index (χ0v) is 15.7. The van der Waals surface area contributed by atoms with Gasteiger partial charge in [-0.1, -0.05) is 45.6 Å². The lowest BCUT2D eigenvalue weighted by Crippen LogP contribution is -2.40. The van der Waals surface area contributed by atoms with Gasteiger partial charge in [0.15, 0.2) is 8.32 Å². The van der Waals surface area contributed by atoms with Crippen molar-refractivity contribution in [2.45, 2.75) is 71.3 Å². The molecule has 0 N–H and O–H groups in total. The normalized spacial score (nSPS) is 13.9. The van der Waals surface area contributed by atoms with Gasteiger partial charge in [-0.2, -0.15) is 0 Å². The Kier molecular flexibility index (Phi) is 4.80. The van der Waals surface area contributed by atoms with E-state index in [4.69, 9.17) is 4.43 Å². The van der Waals surface area contributed by atoms with Gasteiger partial charge in [0.2, 0.25) is 0 Å². The molecule has 0 atom stereocenters. The van der Waals surface area contributed by atoms with E-state index in [1.807, 2.05) is 10.9 Å². The fraction of sp³-hybridized carbons (Fsp3) is 0.846. The summed E-state index contributed by atoms with van der Waals surface area (Å²) in [6, 6.07) is 0. The van der Waals surface area contributed by atoms with Crippen molar-refractivity contribution in [2.75, 3.05) is 0 Å². The average Bonchev–Trinajstić information content (AvgIpc) is 2.58. The summed E-state index contributed by atoms with van der Waals surface area (Å²) < 4.78 is 8.13. The van der Waals surface area contributed by atoms with E-state index in [0.29, 0.717) is 6.61 Å². The topological polar surface area (TPSA) is 39.9 Å². The molecule has 0 saturated heterocycles. The van der Waals surface area contributed by atoms with Gasteiger partial charge in [0.1, 0.15) is 5.69 Å². The Bertz CT molecular complexity index is 416. The fourth-order valence-electron chi connectivity index (χ4n) is 1.44. The Morgan fingerprint density at radius 2 is 1.74 bits per heavy atom. The number of hydrogen-bond acceptors (Lipinski definition) is 3. The summed E-state index contributed by atoms with van der Waals surface area (Å²) in [6.07, 6.45) is 3.05. The van der Waals surface area contributed by atoms with E-state index >= 15 is 0 Å². The summed E-state index contributed by atoms with van der Waals surface area (Å²) in [5.41, 5.74) is 0.947. The number of rotatable bonds is 5. The van der Waals surface area contributed by atoms with E-state index in [-0.39, 0.29) is 5.04 Å². The van der Waals surface area contributed by atoms with Crippen LogP contribution in [-0.2, 0) is 17.2 Å². The maximum absolute atomic E-state index is 6.16. The fourth-order valence-corrected chi connectivity index (χ4v) is 3.51. The first-order chi connectivity index (χ1) is 8.41. The van der Waals surface area contributed by atoms with Gasteiger partial charge < -0.3 is 4.43 Å². The molecule has 0 bridgehead atoms. The first-order valence-electron chi connectivity index (χ1n) is 6.94. The first kappa shape index (κ1) is 16.6. The molecule has 4 nitrogen and oxygen atoms in total. The van der Waals surface area contributed by atoms with E-state index in [1.54, 1.807) is 0 Å². The average molecular weight is 300 g/mol. The van der Waals surface area contributed by atoms with Crippen LogP contribution in [0.1, 0.15) is 26.5 Å². The van der Waals surface area contributed by atoms with Crippen LogP contribution in [0.2, 0.25) is 37.8 Å². The van der Waals surface area contributed by atoms with Crippen LogP contribution in [0.3, 0.4) is 0 Å². The molecule has 0 aromatic carbocycles. The Morgan fingerprint density at radius 1 is 1.16 bits per heavy atom. The molecule has 1 rings (SSSR count).